The molecule has 0 saturated heterocycles. The van der Waals surface area contributed by atoms with E-state index in [4.69, 9.17) is 0 Å². The van der Waals surface area contributed by atoms with Gasteiger partial charge in [-0.3, -0.25) is 5.32 Å². The first kappa shape index (κ1) is 14.5. The van der Waals surface area contributed by atoms with Gasteiger partial charge in [0.05, 0.1) is 13.3 Å². The Bertz CT molecular complexity index is 812. The Kier molecular flexibility index (Phi) is 4.02. The first-order valence-electron chi connectivity index (χ1n) is 6.72. The van der Waals surface area contributed by atoms with Crippen LogP contribution in [0.3, 0.4) is 0 Å². The molecule has 2 heterocycles. The predicted octanol–water partition coefficient (Wildman–Crippen LogP) is 3.97. The fraction of sp³-hybridized carbons (Fsp3) is 0.125. The summed E-state index contributed by atoms with van der Waals surface area (Å²) in [5, 5.41) is 2.56. The SMILES string of the molecule is COC(=O)Nc1cn2cc(Sc3ccc(C)cc3)ccc2n1. The minimum Gasteiger partial charge on any atom is -0.453 e. The molecule has 0 unspecified atom stereocenters. The molecule has 6 heteroatoms. The second kappa shape index (κ2) is 6.11. The maximum atomic E-state index is 11.2. The van der Waals surface area contributed by atoms with Crippen LogP contribution in [-0.4, -0.2) is 22.6 Å². The molecule has 3 rings (SSSR count). The van der Waals surface area contributed by atoms with E-state index >= 15 is 0 Å². The Morgan fingerprint density at radius 2 is 1.86 bits per heavy atom. The number of aromatic nitrogens is 2. The van der Waals surface area contributed by atoms with Crippen molar-refractivity contribution in [2.24, 2.45) is 0 Å². The van der Waals surface area contributed by atoms with E-state index in [0.717, 1.165) is 10.5 Å². The number of imidazole rings is 1. The fourth-order valence-corrected chi connectivity index (χ4v) is 2.84. The number of aryl methyl sites for hydroxylation is 1. The smallest absolute Gasteiger partial charge is 0.412 e. The van der Waals surface area contributed by atoms with Gasteiger partial charge < -0.3 is 9.14 Å². The summed E-state index contributed by atoms with van der Waals surface area (Å²) in [5.74, 6) is 0.462. The van der Waals surface area contributed by atoms with Gasteiger partial charge in [-0.2, -0.15) is 0 Å². The number of rotatable bonds is 3. The van der Waals surface area contributed by atoms with Crippen LogP contribution in [0.2, 0.25) is 0 Å². The predicted molar refractivity (Wildman–Crippen MR) is 86.5 cm³/mol. The highest BCUT2D eigenvalue weighted by molar-refractivity contribution is 7.99. The van der Waals surface area contributed by atoms with Crippen molar-refractivity contribution in [1.29, 1.82) is 0 Å². The van der Waals surface area contributed by atoms with Crippen LogP contribution in [0.1, 0.15) is 5.56 Å². The van der Waals surface area contributed by atoms with Crippen molar-refractivity contribution in [3.63, 3.8) is 0 Å². The molecule has 0 atom stereocenters. The van der Waals surface area contributed by atoms with Gasteiger partial charge in [0.25, 0.3) is 0 Å². The topological polar surface area (TPSA) is 55.6 Å². The average molecular weight is 313 g/mol. The van der Waals surface area contributed by atoms with Gasteiger partial charge in [0.2, 0.25) is 0 Å². The van der Waals surface area contributed by atoms with Crippen LogP contribution < -0.4 is 5.32 Å². The van der Waals surface area contributed by atoms with Crippen molar-refractivity contribution < 1.29 is 9.53 Å². The van der Waals surface area contributed by atoms with Crippen molar-refractivity contribution in [2.45, 2.75) is 16.7 Å². The van der Waals surface area contributed by atoms with Gasteiger partial charge in [0.1, 0.15) is 5.65 Å². The molecule has 1 aromatic carbocycles. The number of carbonyl (C=O) groups excluding carboxylic acids is 1. The summed E-state index contributed by atoms with van der Waals surface area (Å²) >= 11 is 1.68. The van der Waals surface area contributed by atoms with Crippen molar-refractivity contribution in [3.8, 4) is 0 Å². The first-order valence-corrected chi connectivity index (χ1v) is 7.54. The number of hydrogen-bond acceptors (Lipinski definition) is 4. The zero-order valence-corrected chi connectivity index (χ0v) is 13.1. The van der Waals surface area contributed by atoms with E-state index in [1.54, 1.807) is 18.0 Å². The number of amides is 1. The molecule has 2 aromatic heterocycles. The molecular weight excluding hydrogens is 298 g/mol. The third kappa shape index (κ3) is 3.23. The minimum atomic E-state index is -0.530. The Balaban J connectivity index is 1.83. The number of methoxy groups -OCH3 is 1. The van der Waals surface area contributed by atoms with Crippen molar-refractivity contribution in [3.05, 3.63) is 54.4 Å². The van der Waals surface area contributed by atoms with Gasteiger partial charge in [-0.05, 0) is 31.2 Å². The molecule has 1 amide bonds. The number of fused-ring (bicyclic) bond motifs is 1. The van der Waals surface area contributed by atoms with Crippen LogP contribution >= 0.6 is 11.8 Å². The maximum Gasteiger partial charge on any atom is 0.412 e. The van der Waals surface area contributed by atoms with E-state index in [9.17, 15) is 4.79 Å². The van der Waals surface area contributed by atoms with Crippen LogP contribution in [0.4, 0.5) is 10.6 Å². The van der Waals surface area contributed by atoms with Gasteiger partial charge in [-0.25, -0.2) is 9.78 Å². The highest BCUT2D eigenvalue weighted by Gasteiger charge is 2.06. The van der Waals surface area contributed by atoms with E-state index in [1.165, 1.54) is 17.6 Å². The molecule has 0 bridgehead atoms. The fourth-order valence-electron chi connectivity index (χ4n) is 1.99. The number of pyridine rings is 1. The van der Waals surface area contributed by atoms with Gasteiger partial charge in [0, 0.05) is 16.0 Å². The molecule has 3 aromatic rings. The summed E-state index contributed by atoms with van der Waals surface area (Å²) in [6.07, 6.45) is 3.21. The molecule has 0 radical (unpaired) electrons. The van der Waals surface area contributed by atoms with Gasteiger partial charge in [-0.15, -0.1) is 0 Å². The van der Waals surface area contributed by atoms with E-state index in [-0.39, 0.29) is 0 Å². The molecule has 0 aliphatic carbocycles. The second-order valence-electron chi connectivity index (χ2n) is 4.79. The van der Waals surface area contributed by atoms with E-state index < -0.39 is 6.09 Å². The summed E-state index contributed by atoms with van der Waals surface area (Å²) < 4.78 is 6.44. The van der Waals surface area contributed by atoms with Crippen molar-refractivity contribution in [2.75, 3.05) is 12.4 Å². The standard InChI is InChI=1S/C16H15N3O2S/c1-11-3-5-12(6-4-11)22-13-7-8-15-17-14(10-19(15)9-13)18-16(20)21-2/h3-10H,1-2H3,(H,18,20). The van der Waals surface area contributed by atoms with Gasteiger partial charge in [0.15, 0.2) is 5.82 Å². The van der Waals surface area contributed by atoms with Crippen LogP contribution in [0, 0.1) is 6.92 Å². The van der Waals surface area contributed by atoms with E-state index in [2.05, 4.69) is 46.2 Å². The molecule has 112 valence electrons. The summed E-state index contributed by atoms with van der Waals surface area (Å²) in [5.41, 5.74) is 2.01. The Labute approximate surface area is 132 Å². The molecule has 0 aliphatic rings. The molecular formula is C16H15N3O2S. The Morgan fingerprint density at radius 1 is 1.14 bits per heavy atom. The summed E-state index contributed by atoms with van der Waals surface area (Å²) in [4.78, 5) is 17.8. The lowest BCUT2D eigenvalue weighted by molar-refractivity contribution is 0.187. The lowest BCUT2D eigenvalue weighted by atomic mass is 10.2. The maximum absolute atomic E-state index is 11.2. The third-order valence-electron chi connectivity index (χ3n) is 3.10. The average Bonchev–Trinajstić information content (AvgIpc) is 2.91. The minimum absolute atomic E-state index is 0.462. The van der Waals surface area contributed by atoms with Crippen molar-refractivity contribution >= 4 is 29.3 Å². The van der Waals surface area contributed by atoms with E-state index in [1.807, 2.05) is 22.7 Å². The van der Waals surface area contributed by atoms with E-state index in [0.29, 0.717) is 5.82 Å². The van der Waals surface area contributed by atoms with Crippen LogP contribution in [-0.2, 0) is 4.74 Å². The lowest BCUT2D eigenvalue weighted by Gasteiger charge is -2.03. The number of anilines is 1. The third-order valence-corrected chi connectivity index (χ3v) is 4.08. The number of nitrogens with one attached hydrogen (secondary N) is 1. The summed E-state index contributed by atoms with van der Waals surface area (Å²) in [6.45, 7) is 2.07. The number of nitrogens with zero attached hydrogens (tertiary/aromatic N) is 2. The Hall–Kier alpha value is -2.47. The quantitative estimate of drug-likeness (QED) is 0.795. The number of carbonyl (C=O) groups is 1. The molecule has 0 aliphatic heterocycles. The van der Waals surface area contributed by atoms with Gasteiger partial charge in [-0.1, -0.05) is 29.5 Å². The molecule has 0 fully saturated rings. The highest BCUT2D eigenvalue weighted by Crippen LogP contribution is 2.28. The molecule has 1 N–H and O–H groups in total. The zero-order valence-electron chi connectivity index (χ0n) is 12.2. The zero-order chi connectivity index (χ0) is 15.5. The first-order chi connectivity index (χ1) is 10.6. The molecule has 0 spiro atoms. The highest BCUT2D eigenvalue weighted by atomic mass is 32.2. The number of hydrogen-bond donors (Lipinski definition) is 1. The molecule has 22 heavy (non-hydrogen) atoms. The summed E-state index contributed by atoms with van der Waals surface area (Å²) in [6, 6.07) is 12.3. The van der Waals surface area contributed by atoms with Crippen molar-refractivity contribution in [1.82, 2.24) is 9.38 Å². The van der Waals surface area contributed by atoms with Crippen LogP contribution in [0.5, 0.6) is 0 Å². The number of ether oxygens (including phenoxy) is 1. The van der Waals surface area contributed by atoms with Crippen LogP contribution in [0.15, 0.2) is 58.6 Å². The normalized spacial score (nSPS) is 10.6. The Morgan fingerprint density at radius 3 is 2.59 bits per heavy atom. The molecule has 5 nitrogen and oxygen atoms in total. The number of benzene rings is 1. The largest absolute Gasteiger partial charge is 0.453 e. The second-order valence-corrected chi connectivity index (χ2v) is 5.94. The lowest BCUT2D eigenvalue weighted by Crippen LogP contribution is -2.10. The van der Waals surface area contributed by atoms with Crippen LogP contribution in [0.25, 0.3) is 5.65 Å². The monoisotopic (exact) mass is 313 g/mol. The summed E-state index contributed by atoms with van der Waals surface area (Å²) in [7, 11) is 1.32. The molecule has 0 saturated carbocycles. The van der Waals surface area contributed by atoms with Gasteiger partial charge >= 0.3 is 6.09 Å².